The van der Waals surface area contributed by atoms with Crippen LogP contribution in [0.4, 0.5) is 0 Å². The average molecular weight is 128 g/mol. The van der Waals surface area contributed by atoms with Crippen molar-refractivity contribution in [2.24, 2.45) is 0 Å². The van der Waals surface area contributed by atoms with E-state index in [-0.39, 0.29) is 0 Å². The topological polar surface area (TPSA) is 24.1 Å². The molecule has 2 N–H and O–H groups in total. The van der Waals surface area contributed by atoms with E-state index in [1.54, 1.807) is 0 Å². The molecule has 54 valence electrons. The van der Waals surface area contributed by atoms with Crippen LogP contribution in [-0.4, -0.2) is 20.1 Å². The molecular formula is C7H16N2. The molecule has 0 radical (unpaired) electrons. The Hall–Kier alpha value is -0.500. The monoisotopic (exact) mass is 128 g/mol. The number of hydrogen-bond donors (Lipinski definition) is 2. The van der Waals surface area contributed by atoms with Crippen molar-refractivity contribution >= 4 is 0 Å². The molecule has 9 heavy (non-hydrogen) atoms. The van der Waals surface area contributed by atoms with Gasteiger partial charge in [-0.15, -0.1) is 0 Å². The molecule has 0 aromatic heterocycles. The fourth-order valence-corrected chi connectivity index (χ4v) is 0.606. The number of rotatable bonds is 4. The van der Waals surface area contributed by atoms with Gasteiger partial charge in [-0.3, -0.25) is 0 Å². The molecule has 2 heteroatoms. The van der Waals surface area contributed by atoms with Crippen LogP contribution in [0, 0.1) is 0 Å². The molecule has 0 aliphatic heterocycles. The second kappa shape index (κ2) is 5.63. The van der Waals surface area contributed by atoms with Gasteiger partial charge in [-0.25, -0.2) is 0 Å². The smallest absolute Gasteiger partial charge is 0.0151 e. The summed E-state index contributed by atoms with van der Waals surface area (Å²) < 4.78 is 0. The van der Waals surface area contributed by atoms with E-state index in [2.05, 4.69) is 30.6 Å². The minimum Gasteiger partial charge on any atom is -0.389 e. The highest BCUT2D eigenvalue weighted by Crippen LogP contribution is 1.81. The summed E-state index contributed by atoms with van der Waals surface area (Å²) in [5, 5.41) is 6.24. The zero-order valence-corrected chi connectivity index (χ0v) is 6.49. The average Bonchev–Trinajstić information content (AvgIpc) is 1.85. The summed E-state index contributed by atoms with van der Waals surface area (Å²) in [6.07, 6.45) is 2.13. The molecule has 0 aromatic rings. The summed E-state index contributed by atoms with van der Waals surface area (Å²) in [4.78, 5) is 0. The Morgan fingerprint density at radius 2 is 2.22 bits per heavy atom. The van der Waals surface area contributed by atoms with Crippen molar-refractivity contribution in [3.63, 3.8) is 0 Å². The molecule has 0 aliphatic carbocycles. The van der Waals surface area contributed by atoms with Crippen LogP contribution in [0.2, 0.25) is 0 Å². The molecule has 0 rings (SSSR count). The first-order chi connectivity index (χ1) is 4.31. The summed E-state index contributed by atoms with van der Waals surface area (Å²) in [6.45, 7) is 6.11. The molecular weight excluding hydrogens is 112 g/mol. The minimum absolute atomic E-state index is 0.943. The van der Waals surface area contributed by atoms with Crippen LogP contribution in [-0.2, 0) is 0 Å². The maximum atomic E-state index is 3.20. The van der Waals surface area contributed by atoms with Gasteiger partial charge in [-0.05, 0) is 20.9 Å². The molecule has 0 amide bonds. The van der Waals surface area contributed by atoms with Crippen LogP contribution in [0.5, 0.6) is 0 Å². The molecule has 2 nitrogen and oxygen atoms in total. The first-order valence-electron chi connectivity index (χ1n) is 3.36. The quantitative estimate of drug-likeness (QED) is 0.583. The fraction of sp³-hybridized carbons (Fsp3) is 0.714. The molecule has 0 aromatic carbocycles. The maximum absolute atomic E-state index is 3.20. The van der Waals surface area contributed by atoms with Crippen LogP contribution in [0.1, 0.15) is 13.8 Å². The van der Waals surface area contributed by atoms with Gasteiger partial charge < -0.3 is 10.6 Å². The molecule has 0 aliphatic rings. The lowest BCUT2D eigenvalue weighted by atomic mass is 10.4. The number of nitrogens with one attached hydrogen (secondary N) is 2. The second-order valence-corrected chi connectivity index (χ2v) is 1.98. The summed E-state index contributed by atoms with van der Waals surface area (Å²) in [5.74, 6) is 0. The van der Waals surface area contributed by atoms with Gasteiger partial charge in [0, 0.05) is 18.8 Å². The van der Waals surface area contributed by atoms with E-state index in [4.69, 9.17) is 0 Å². The standard InChI is InChI=1S/C7H16N2/c1-4-9-7(2)5-6-8-3/h5,8-9H,4,6H2,1-3H3/b7-5+. The molecule has 0 bridgehead atoms. The molecule has 0 unspecified atom stereocenters. The highest BCUT2D eigenvalue weighted by atomic mass is 14.9. The number of likely N-dealkylation sites (N-methyl/N-ethyl adjacent to an activating group) is 1. The lowest BCUT2D eigenvalue weighted by molar-refractivity contribution is 0.830. The Balaban J connectivity index is 3.30. The molecule has 0 spiro atoms. The lowest BCUT2D eigenvalue weighted by Crippen LogP contribution is -2.12. The zero-order chi connectivity index (χ0) is 7.11. The minimum atomic E-state index is 0.943. The van der Waals surface area contributed by atoms with E-state index in [0.717, 1.165) is 13.1 Å². The van der Waals surface area contributed by atoms with Crippen molar-refractivity contribution in [3.05, 3.63) is 11.8 Å². The summed E-state index contributed by atoms with van der Waals surface area (Å²) in [5.41, 5.74) is 1.24. The van der Waals surface area contributed by atoms with E-state index in [9.17, 15) is 0 Å². The number of allylic oxidation sites excluding steroid dienone is 1. The van der Waals surface area contributed by atoms with Gasteiger partial charge in [0.1, 0.15) is 0 Å². The Morgan fingerprint density at radius 3 is 2.67 bits per heavy atom. The Labute approximate surface area is 57.3 Å². The van der Waals surface area contributed by atoms with Crippen LogP contribution < -0.4 is 10.6 Å². The SMILES string of the molecule is CCN/C(C)=C/CNC. The molecule has 0 atom stereocenters. The van der Waals surface area contributed by atoms with E-state index < -0.39 is 0 Å². The van der Waals surface area contributed by atoms with Gasteiger partial charge in [-0.1, -0.05) is 6.08 Å². The van der Waals surface area contributed by atoms with Crippen molar-refractivity contribution in [3.8, 4) is 0 Å². The second-order valence-electron chi connectivity index (χ2n) is 1.98. The Morgan fingerprint density at radius 1 is 1.56 bits per heavy atom. The number of hydrogen-bond acceptors (Lipinski definition) is 2. The van der Waals surface area contributed by atoms with Gasteiger partial charge >= 0.3 is 0 Å². The van der Waals surface area contributed by atoms with Gasteiger partial charge in [0.15, 0.2) is 0 Å². The van der Waals surface area contributed by atoms with Crippen molar-refractivity contribution in [2.75, 3.05) is 20.1 Å². The van der Waals surface area contributed by atoms with Gasteiger partial charge in [0.25, 0.3) is 0 Å². The molecule has 0 fully saturated rings. The van der Waals surface area contributed by atoms with Crippen molar-refractivity contribution in [2.45, 2.75) is 13.8 Å². The van der Waals surface area contributed by atoms with Crippen LogP contribution in [0.3, 0.4) is 0 Å². The van der Waals surface area contributed by atoms with Gasteiger partial charge in [-0.2, -0.15) is 0 Å². The van der Waals surface area contributed by atoms with E-state index in [1.807, 2.05) is 7.05 Å². The molecule has 0 heterocycles. The van der Waals surface area contributed by atoms with Gasteiger partial charge in [0.05, 0.1) is 0 Å². The summed E-state index contributed by atoms with van der Waals surface area (Å²) in [6, 6.07) is 0. The predicted octanol–water partition coefficient (Wildman–Crippen LogP) is 0.719. The van der Waals surface area contributed by atoms with Crippen molar-refractivity contribution in [1.82, 2.24) is 10.6 Å². The predicted molar refractivity (Wildman–Crippen MR) is 41.4 cm³/mol. The van der Waals surface area contributed by atoms with Crippen LogP contribution >= 0.6 is 0 Å². The summed E-state index contributed by atoms with van der Waals surface area (Å²) >= 11 is 0. The van der Waals surface area contributed by atoms with Crippen LogP contribution in [0.25, 0.3) is 0 Å². The third-order valence-corrected chi connectivity index (χ3v) is 1.07. The Kier molecular flexibility index (Phi) is 5.32. The van der Waals surface area contributed by atoms with E-state index in [0.29, 0.717) is 0 Å². The summed E-state index contributed by atoms with van der Waals surface area (Å²) in [7, 11) is 1.94. The molecule has 0 saturated heterocycles. The first-order valence-corrected chi connectivity index (χ1v) is 3.36. The first kappa shape index (κ1) is 8.50. The van der Waals surface area contributed by atoms with Gasteiger partial charge in [0.2, 0.25) is 0 Å². The third-order valence-electron chi connectivity index (χ3n) is 1.07. The van der Waals surface area contributed by atoms with E-state index >= 15 is 0 Å². The maximum Gasteiger partial charge on any atom is 0.0151 e. The highest BCUT2D eigenvalue weighted by Gasteiger charge is 1.80. The lowest BCUT2D eigenvalue weighted by Gasteiger charge is -2.00. The highest BCUT2D eigenvalue weighted by molar-refractivity contribution is 4.95. The third kappa shape index (κ3) is 5.37. The normalized spacial score (nSPS) is 11.7. The zero-order valence-electron chi connectivity index (χ0n) is 6.49. The van der Waals surface area contributed by atoms with Crippen LogP contribution in [0.15, 0.2) is 11.8 Å². The molecule has 0 saturated carbocycles. The van der Waals surface area contributed by atoms with Crippen molar-refractivity contribution < 1.29 is 0 Å². The Bertz CT molecular complexity index is 86.9. The van der Waals surface area contributed by atoms with E-state index in [1.165, 1.54) is 5.70 Å². The fourth-order valence-electron chi connectivity index (χ4n) is 0.606. The largest absolute Gasteiger partial charge is 0.389 e. The van der Waals surface area contributed by atoms with Crippen molar-refractivity contribution in [1.29, 1.82) is 0 Å².